The number of methoxy groups -OCH3 is 1. The van der Waals surface area contributed by atoms with E-state index >= 15 is 0 Å². The fraction of sp³-hybridized carbons (Fsp3) is 0.611. The van der Waals surface area contributed by atoms with Gasteiger partial charge in [-0.25, -0.2) is 0 Å². The van der Waals surface area contributed by atoms with Gasteiger partial charge in [0, 0.05) is 12.1 Å². The lowest BCUT2D eigenvalue weighted by Crippen LogP contribution is -2.39. The molecule has 1 aromatic carbocycles. The molecule has 0 aliphatic heterocycles. The third-order valence-electron chi connectivity index (χ3n) is 4.06. The van der Waals surface area contributed by atoms with E-state index in [0.717, 1.165) is 12.8 Å². The molecule has 0 amide bonds. The van der Waals surface area contributed by atoms with Crippen molar-refractivity contribution < 1.29 is 9.53 Å². The highest BCUT2D eigenvalue weighted by atomic mass is 16.5. The molecule has 0 aromatic heterocycles. The lowest BCUT2D eigenvalue weighted by atomic mass is 9.93. The van der Waals surface area contributed by atoms with Gasteiger partial charge in [0.1, 0.15) is 0 Å². The molecule has 0 saturated carbocycles. The third-order valence-corrected chi connectivity index (χ3v) is 4.06. The third kappa shape index (κ3) is 5.50. The summed E-state index contributed by atoms with van der Waals surface area (Å²) in [5.74, 6) is -0.154. The molecule has 2 unspecified atom stereocenters. The van der Waals surface area contributed by atoms with Crippen molar-refractivity contribution in [3.05, 3.63) is 34.4 Å². The summed E-state index contributed by atoms with van der Waals surface area (Å²) in [7, 11) is 1.45. The van der Waals surface area contributed by atoms with Gasteiger partial charge in [0.15, 0.2) is 0 Å². The molecule has 118 valence electrons. The summed E-state index contributed by atoms with van der Waals surface area (Å²) in [4.78, 5) is 11.6. The Morgan fingerprint density at radius 2 is 1.81 bits per heavy atom. The second-order valence-corrected chi connectivity index (χ2v) is 6.03. The number of carbonyl (C=O) groups excluding carboxylic acids is 1. The van der Waals surface area contributed by atoms with Gasteiger partial charge in [-0.3, -0.25) is 4.79 Å². The highest BCUT2D eigenvalue weighted by Crippen LogP contribution is 2.19. The van der Waals surface area contributed by atoms with Crippen LogP contribution in [0, 0.1) is 20.8 Å². The van der Waals surface area contributed by atoms with Crippen molar-refractivity contribution in [2.75, 3.05) is 7.11 Å². The maximum Gasteiger partial charge on any atom is 0.307 e. The predicted molar refractivity (Wildman–Crippen MR) is 87.7 cm³/mol. The molecular weight excluding hydrogens is 262 g/mol. The smallest absolute Gasteiger partial charge is 0.307 e. The summed E-state index contributed by atoms with van der Waals surface area (Å²) in [6, 6.07) is 4.93. The fourth-order valence-corrected chi connectivity index (χ4v) is 2.77. The normalized spacial score (nSPS) is 13.8. The average Bonchev–Trinajstić information content (AvgIpc) is 2.42. The molecular formula is C18H29NO2. The quantitative estimate of drug-likeness (QED) is 0.782. The van der Waals surface area contributed by atoms with Gasteiger partial charge in [-0.1, -0.05) is 24.6 Å². The maximum atomic E-state index is 11.6. The van der Waals surface area contributed by atoms with E-state index in [-0.39, 0.29) is 12.0 Å². The van der Waals surface area contributed by atoms with Gasteiger partial charge in [0.25, 0.3) is 0 Å². The Morgan fingerprint density at radius 3 is 2.29 bits per heavy atom. The molecule has 1 N–H and O–H groups in total. The van der Waals surface area contributed by atoms with E-state index in [1.54, 1.807) is 0 Å². The zero-order valence-corrected chi connectivity index (χ0v) is 14.2. The summed E-state index contributed by atoms with van der Waals surface area (Å²) >= 11 is 0. The van der Waals surface area contributed by atoms with Crippen molar-refractivity contribution in [1.82, 2.24) is 5.32 Å². The maximum absolute atomic E-state index is 11.6. The number of ether oxygens (including phenoxy) is 1. The zero-order valence-electron chi connectivity index (χ0n) is 14.2. The van der Waals surface area contributed by atoms with Gasteiger partial charge in [-0.05, 0) is 57.2 Å². The highest BCUT2D eigenvalue weighted by Gasteiger charge is 2.18. The Kier molecular flexibility index (Phi) is 6.90. The molecule has 0 fully saturated rings. The van der Waals surface area contributed by atoms with Gasteiger partial charge in [-0.15, -0.1) is 0 Å². The first-order valence-corrected chi connectivity index (χ1v) is 7.76. The van der Waals surface area contributed by atoms with E-state index < -0.39 is 0 Å². The number of nitrogens with one attached hydrogen (secondary N) is 1. The number of benzene rings is 1. The summed E-state index contributed by atoms with van der Waals surface area (Å²) in [5.41, 5.74) is 5.22. The molecule has 3 heteroatoms. The molecule has 1 aromatic rings. The first kappa shape index (κ1) is 17.7. The molecule has 0 heterocycles. The van der Waals surface area contributed by atoms with Crippen LogP contribution in [0.2, 0.25) is 0 Å². The number of hydrogen-bond donors (Lipinski definition) is 1. The topological polar surface area (TPSA) is 38.3 Å². The van der Waals surface area contributed by atoms with Crippen LogP contribution in [0.25, 0.3) is 0 Å². The number of aryl methyl sites for hydroxylation is 3. The summed E-state index contributed by atoms with van der Waals surface area (Å²) in [6.07, 6.45) is 2.31. The molecule has 3 nitrogen and oxygen atoms in total. The van der Waals surface area contributed by atoms with Crippen LogP contribution >= 0.6 is 0 Å². The SMILES string of the molecule is CCC(C)NC(CC(=O)OC)Cc1c(C)cc(C)cc1C. The standard InChI is InChI=1S/C18H29NO2/c1-7-15(5)19-16(11-18(20)21-6)10-17-13(3)8-12(2)9-14(17)4/h8-9,15-16,19H,7,10-11H2,1-6H3. The molecule has 0 radical (unpaired) electrons. The van der Waals surface area contributed by atoms with Crippen molar-refractivity contribution in [3.63, 3.8) is 0 Å². The van der Waals surface area contributed by atoms with Crippen molar-refractivity contribution >= 4 is 5.97 Å². The second-order valence-electron chi connectivity index (χ2n) is 6.03. The average molecular weight is 291 g/mol. The lowest BCUT2D eigenvalue weighted by Gasteiger charge is -2.24. The Morgan fingerprint density at radius 1 is 1.24 bits per heavy atom. The van der Waals surface area contributed by atoms with E-state index in [9.17, 15) is 4.79 Å². The van der Waals surface area contributed by atoms with Crippen LogP contribution in [0.5, 0.6) is 0 Å². The molecule has 21 heavy (non-hydrogen) atoms. The van der Waals surface area contributed by atoms with Crippen LogP contribution < -0.4 is 5.32 Å². The summed E-state index contributed by atoms with van der Waals surface area (Å²) < 4.78 is 4.83. The summed E-state index contributed by atoms with van der Waals surface area (Å²) in [6.45, 7) is 10.7. The van der Waals surface area contributed by atoms with Crippen LogP contribution in [-0.4, -0.2) is 25.2 Å². The van der Waals surface area contributed by atoms with Gasteiger partial charge < -0.3 is 10.1 Å². The number of carbonyl (C=O) groups is 1. The minimum absolute atomic E-state index is 0.118. The molecule has 0 spiro atoms. The first-order chi connectivity index (χ1) is 9.87. The minimum Gasteiger partial charge on any atom is -0.469 e. The Bertz CT molecular complexity index is 459. The molecule has 0 aliphatic rings. The van der Waals surface area contributed by atoms with E-state index in [0.29, 0.717) is 12.5 Å². The first-order valence-electron chi connectivity index (χ1n) is 7.76. The molecule has 1 rings (SSSR count). The van der Waals surface area contributed by atoms with Gasteiger partial charge >= 0.3 is 5.97 Å². The van der Waals surface area contributed by atoms with Crippen LogP contribution in [0.15, 0.2) is 12.1 Å². The van der Waals surface area contributed by atoms with Gasteiger partial charge in [0.2, 0.25) is 0 Å². The van der Waals surface area contributed by atoms with Crippen LogP contribution in [0.3, 0.4) is 0 Å². The fourth-order valence-electron chi connectivity index (χ4n) is 2.77. The largest absolute Gasteiger partial charge is 0.469 e. The van der Waals surface area contributed by atoms with E-state index in [4.69, 9.17) is 4.74 Å². The number of rotatable bonds is 7. The Balaban J connectivity index is 2.92. The van der Waals surface area contributed by atoms with Crippen LogP contribution in [0.1, 0.15) is 48.9 Å². The highest BCUT2D eigenvalue weighted by molar-refractivity contribution is 5.70. The number of hydrogen-bond acceptors (Lipinski definition) is 3. The minimum atomic E-state index is -0.154. The van der Waals surface area contributed by atoms with Crippen molar-refractivity contribution in [2.24, 2.45) is 0 Å². The van der Waals surface area contributed by atoms with Crippen LogP contribution in [0.4, 0.5) is 0 Å². The molecule has 0 saturated heterocycles. The van der Waals surface area contributed by atoms with Gasteiger partial charge in [0.05, 0.1) is 13.5 Å². The zero-order chi connectivity index (χ0) is 16.0. The molecule has 2 atom stereocenters. The van der Waals surface area contributed by atoms with Gasteiger partial charge in [-0.2, -0.15) is 0 Å². The summed E-state index contributed by atoms with van der Waals surface area (Å²) in [5, 5.41) is 3.55. The van der Waals surface area contributed by atoms with Crippen LogP contribution in [-0.2, 0) is 16.0 Å². The Labute approximate surface area is 129 Å². The lowest BCUT2D eigenvalue weighted by molar-refractivity contribution is -0.141. The van der Waals surface area contributed by atoms with Crippen molar-refractivity contribution in [3.8, 4) is 0 Å². The van der Waals surface area contributed by atoms with E-state index in [2.05, 4.69) is 52.1 Å². The molecule has 0 aliphatic carbocycles. The van der Waals surface area contributed by atoms with Crippen molar-refractivity contribution in [2.45, 2.75) is 66.0 Å². The monoisotopic (exact) mass is 291 g/mol. The van der Waals surface area contributed by atoms with E-state index in [1.807, 2.05) is 0 Å². The second kappa shape index (κ2) is 8.18. The Hall–Kier alpha value is -1.35. The number of esters is 1. The molecule has 0 bridgehead atoms. The van der Waals surface area contributed by atoms with Crippen molar-refractivity contribution in [1.29, 1.82) is 0 Å². The predicted octanol–water partition coefficient (Wildman–Crippen LogP) is 3.47. The van der Waals surface area contributed by atoms with E-state index in [1.165, 1.54) is 29.4 Å².